The lowest BCUT2D eigenvalue weighted by Crippen LogP contribution is -2.06. The van der Waals surface area contributed by atoms with Crippen molar-refractivity contribution in [3.63, 3.8) is 0 Å². The molecule has 0 amide bonds. The monoisotopic (exact) mass is 332 g/mol. The molecule has 0 atom stereocenters. The highest BCUT2D eigenvalue weighted by Gasteiger charge is 2.15. The number of benzene rings is 3. The first-order valence-corrected chi connectivity index (χ1v) is 8.46. The van der Waals surface area contributed by atoms with Crippen LogP contribution in [-0.4, -0.2) is 8.42 Å². The lowest BCUT2D eigenvalue weighted by molar-refractivity contribution is 0.309. The fourth-order valence-corrected chi connectivity index (χ4v) is 3.24. The molecular formula is C17H13ClO3S. The number of hydrogen-bond acceptors (Lipinski definition) is 3. The van der Waals surface area contributed by atoms with Gasteiger partial charge in [-0.1, -0.05) is 54.1 Å². The third-order valence-electron chi connectivity index (χ3n) is 3.35. The summed E-state index contributed by atoms with van der Waals surface area (Å²) >= 11 is 5.76. The van der Waals surface area contributed by atoms with E-state index in [4.69, 9.17) is 15.8 Å². The van der Waals surface area contributed by atoms with Crippen LogP contribution in [0.2, 0.25) is 5.02 Å². The molecule has 3 rings (SSSR count). The number of fused-ring (bicyclic) bond motifs is 1. The second-order valence-corrected chi connectivity index (χ2v) is 6.86. The Labute approximate surface area is 134 Å². The normalized spacial score (nSPS) is 11.7. The van der Waals surface area contributed by atoms with Crippen molar-refractivity contribution in [1.29, 1.82) is 0 Å². The highest BCUT2D eigenvalue weighted by Crippen LogP contribution is 2.22. The van der Waals surface area contributed by atoms with Crippen LogP contribution in [-0.2, 0) is 20.9 Å². The Bertz CT molecular complexity index is 897. The van der Waals surface area contributed by atoms with Crippen LogP contribution in [0.1, 0.15) is 5.56 Å². The minimum Gasteiger partial charge on any atom is -0.262 e. The molecule has 3 nitrogen and oxygen atoms in total. The topological polar surface area (TPSA) is 43.4 Å². The lowest BCUT2D eigenvalue weighted by atomic mass is 10.1. The van der Waals surface area contributed by atoms with E-state index in [-0.39, 0.29) is 11.5 Å². The lowest BCUT2D eigenvalue weighted by Gasteiger charge is -2.08. The van der Waals surface area contributed by atoms with E-state index < -0.39 is 10.1 Å². The Morgan fingerprint density at radius 3 is 2.32 bits per heavy atom. The molecule has 0 heterocycles. The van der Waals surface area contributed by atoms with Gasteiger partial charge in [-0.15, -0.1) is 0 Å². The Balaban J connectivity index is 1.86. The van der Waals surface area contributed by atoms with Gasteiger partial charge < -0.3 is 0 Å². The van der Waals surface area contributed by atoms with Crippen LogP contribution in [0.5, 0.6) is 0 Å². The van der Waals surface area contributed by atoms with Crippen molar-refractivity contribution >= 4 is 32.5 Å². The summed E-state index contributed by atoms with van der Waals surface area (Å²) in [6.45, 7) is -0.00763. The SMILES string of the molecule is O=S(=O)(OCc1cccc2ccccc12)c1ccc(Cl)cc1. The van der Waals surface area contributed by atoms with E-state index in [0.29, 0.717) is 5.02 Å². The third kappa shape index (κ3) is 3.14. The zero-order valence-corrected chi connectivity index (χ0v) is 13.1. The first kappa shape index (κ1) is 15.0. The maximum absolute atomic E-state index is 12.2. The van der Waals surface area contributed by atoms with Gasteiger partial charge in [0.1, 0.15) is 0 Å². The van der Waals surface area contributed by atoms with Crippen LogP contribution in [0, 0.1) is 0 Å². The third-order valence-corrected chi connectivity index (χ3v) is 4.88. The molecule has 0 unspecified atom stereocenters. The van der Waals surface area contributed by atoms with Crippen LogP contribution >= 0.6 is 11.6 Å². The predicted octanol–water partition coefficient (Wildman–Crippen LogP) is 4.40. The highest BCUT2D eigenvalue weighted by molar-refractivity contribution is 7.86. The second kappa shape index (κ2) is 6.08. The van der Waals surface area contributed by atoms with Crippen LogP contribution in [0.15, 0.2) is 71.6 Å². The van der Waals surface area contributed by atoms with Crippen molar-refractivity contribution in [2.45, 2.75) is 11.5 Å². The molecular weight excluding hydrogens is 320 g/mol. The summed E-state index contributed by atoms with van der Waals surface area (Å²) < 4.78 is 29.6. The van der Waals surface area contributed by atoms with E-state index in [1.54, 1.807) is 0 Å². The van der Waals surface area contributed by atoms with E-state index in [1.807, 2.05) is 42.5 Å². The molecule has 3 aromatic rings. The summed E-state index contributed by atoms with van der Waals surface area (Å²) in [6, 6.07) is 19.4. The summed E-state index contributed by atoms with van der Waals surface area (Å²) in [5.74, 6) is 0. The Kier molecular flexibility index (Phi) is 4.16. The van der Waals surface area contributed by atoms with Gasteiger partial charge in [0.25, 0.3) is 10.1 Å². The first-order valence-electron chi connectivity index (χ1n) is 6.68. The van der Waals surface area contributed by atoms with E-state index >= 15 is 0 Å². The fraction of sp³-hybridized carbons (Fsp3) is 0.0588. The average Bonchev–Trinajstić information content (AvgIpc) is 2.53. The van der Waals surface area contributed by atoms with E-state index in [2.05, 4.69) is 0 Å². The minimum atomic E-state index is -3.80. The molecule has 0 fully saturated rings. The van der Waals surface area contributed by atoms with E-state index in [1.165, 1.54) is 24.3 Å². The zero-order chi connectivity index (χ0) is 15.6. The van der Waals surface area contributed by atoms with Crippen molar-refractivity contribution in [3.8, 4) is 0 Å². The molecule has 0 saturated carbocycles. The molecule has 0 radical (unpaired) electrons. The van der Waals surface area contributed by atoms with Gasteiger partial charge in [0.2, 0.25) is 0 Å². The summed E-state index contributed by atoms with van der Waals surface area (Å²) in [5.41, 5.74) is 0.829. The average molecular weight is 333 g/mol. The Morgan fingerprint density at radius 1 is 0.864 bits per heavy atom. The van der Waals surface area contributed by atoms with Gasteiger partial charge in [-0.05, 0) is 40.6 Å². The molecule has 0 aliphatic carbocycles. The molecule has 5 heteroatoms. The van der Waals surface area contributed by atoms with E-state index in [9.17, 15) is 8.42 Å². The van der Waals surface area contributed by atoms with Crippen molar-refractivity contribution in [1.82, 2.24) is 0 Å². The van der Waals surface area contributed by atoms with Crippen LogP contribution in [0.25, 0.3) is 10.8 Å². The van der Waals surface area contributed by atoms with Gasteiger partial charge in [0.05, 0.1) is 11.5 Å². The molecule has 0 aliphatic rings. The molecule has 0 bridgehead atoms. The highest BCUT2D eigenvalue weighted by atomic mass is 35.5. The molecule has 0 saturated heterocycles. The summed E-state index contributed by atoms with van der Waals surface area (Å²) in [4.78, 5) is 0.0946. The number of halogens is 1. The standard InChI is InChI=1S/C17H13ClO3S/c18-15-8-10-16(11-9-15)22(19,20)21-12-14-6-3-5-13-4-1-2-7-17(13)14/h1-11H,12H2. The molecule has 0 aromatic heterocycles. The number of rotatable bonds is 4. The van der Waals surface area contributed by atoms with Crippen LogP contribution in [0.3, 0.4) is 0 Å². The van der Waals surface area contributed by atoms with Gasteiger partial charge in [-0.25, -0.2) is 0 Å². The molecule has 112 valence electrons. The van der Waals surface area contributed by atoms with Crippen molar-refractivity contribution < 1.29 is 12.6 Å². The molecule has 3 aromatic carbocycles. The second-order valence-electron chi connectivity index (χ2n) is 4.81. The first-order chi connectivity index (χ1) is 10.6. The summed E-state index contributed by atoms with van der Waals surface area (Å²) in [5, 5.41) is 2.51. The Hall–Kier alpha value is -1.88. The van der Waals surface area contributed by atoms with Crippen molar-refractivity contribution in [2.75, 3.05) is 0 Å². The predicted molar refractivity (Wildman–Crippen MR) is 87.4 cm³/mol. The fourth-order valence-electron chi connectivity index (χ4n) is 2.23. The Morgan fingerprint density at radius 2 is 1.55 bits per heavy atom. The van der Waals surface area contributed by atoms with Crippen molar-refractivity contribution in [3.05, 3.63) is 77.3 Å². The quantitative estimate of drug-likeness (QED) is 0.665. The maximum atomic E-state index is 12.2. The molecule has 0 spiro atoms. The van der Waals surface area contributed by atoms with Crippen molar-refractivity contribution in [2.24, 2.45) is 0 Å². The summed E-state index contributed by atoms with van der Waals surface area (Å²) in [7, 11) is -3.80. The minimum absolute atomic E-state index is 0.00763. The van der Waals surface area contributed by atoms with Gasteiger partial charge in [0, 0.05) is 5.02 Å². The van der Waals surface area contributed by atoms with Crippen LogP contribution in [0.4, 0.5) is 0 Å². The number of hydrogen-bond donors (Lipinski definition) is 0. The largest absolute Gasteiger partial charge is 0.297 e. The van der Waals surface area contributed by atoms with Gasteiger partial charge in [-0.3, -0.25) is 4.18 Å². The molecule has 0 N–H and O–H groups in total. The van der Waals surface area contributed by atoms with E-state index in [0.717, 1.165) is 16.3 Å². The molecule has 0 aliphatic heterocycles. The smallest absolute Gasteiger partial charge is 0.262 e. The summed E-state index contributed by atoms with van der Waals surface area (Å²) in [6.07, 6.45) is 0. The van der Waals surface area contributed by atoms with Gasteiger partial charge in [0.15, 0.2) is 0 Å². The van der Waals surface area contributed by atoms with Gasteiger partial charge >= 0.3 is 0 Å². The zero-order valence-electron chi connectivity index (χ0n) is 11.6. The maximum Gasteiger partial charge on any atom is 0.297 e. The molecule has 22 heavy (non-hydrogen) atoms. The van der Waals surface area contributed by atoms with Crippen LogP contribution < -0.4 is 0 Å². The van der Waals surface area contributed by atoms with Gasteiger partial charge in [-0.2, -0.15) is 8.42 Å².